The second-order valence-electron chi connectivity index (χ2n) is 7.65. The summed E-state index contributed by atoms with van der Waals surface area (Å²) in [7, 11) is 0. The zero-order valence-corrected chi connectivity index (χ0v) is 15.2. The molecule has 1 aromatic carbocycles. The van der Waals surface area contributed by atoms with E-state index < -0.39 is 6.04 Å². The number of hydrogen-bond donors (Lipinski definition) is 1. The molecular formula is C20H25ClN2O2. The molecular weight excluding hydrogens is 336 g/mol. The van der Waals surface area contributed by atoms with Gasteiger partial charge in [0.25, 0.3) is 0 Å². The zero-order chi connectivity index (χ0) is 17.4. The van der Waals surface area contributed by atoms with Crippen molar-refractivity contribution in [1.82, 2.24) is 10.2 Å². The number of hydrogen-bond acceptors (Lipinski definition) is 2. The van der Waals surface area contributed by atoms with Crippen molar-refractivity contribution in [1.29, 1.82) is 0 Å². The number of likely N-dealkylation sites (tertiary alicyclic amines) is 1. The predicted molar refractivity (Wildman–Crippen MR) is 97.2 cm³/mol. The molecule has 0 spiro atoms. The van der Waals surface area contributed by atoms with E-state index in [1.165, 1.54) is 19.3 Å². The van der Waals surface area contributed by atoms with Gasteiger partial charge in [-0.25, -0.2) is 0 Å². The van der Waals surface area contributed by atoms with Crippen LogP contribution in [-0.4, -0.2) is 28.8 Å². The first-order valence-corrected chi connectivity index (χ1v) is 9.91. The minimum atomic E-state index is -0.549. The number of β-lactam (4-membered cyclic amide) rings is 1. The van der Waals surface area contributed by atoms with Crippen molar-refractivity contribution in [3.63, 3.8) is 0 Å². The van der Waals surface area contributed by atoms with Gasteiger partial charge in [0.15, 0.2) is 0 Å². The molecule has 0 bridgehead atoms. The summed E-state index contributed by atoms with van der Waals surface area (Å²) in [6.45, 7) is 0. The Labute approximate surface area is 153 Å². The Bertz CT molecular complexity index is 671. The number of benzene rings is 1. The second-order valence-corrected chi connectivity index (χ2v) is 8.09. The molecule has 0 aromatic heterocycles. The number of nitrogens with one attached hydrogen (secondary N) is 1. The van der Waals surface area contributed by atoms with Crippen LogP contribution in [0.3, 0.4) is 0 Å². The number of fused-ring (bicyclic) bond motifs is 1. The minimum absolute atomic E-state index is 0.0483. The van der Waals surface area contributed by atoms with Crippen LogP contribution in [0.2, 0.25) is 5.02 Å². The zero-order valence-electron chi connectivity index (χ0n) is 14.4. The predicted octanol–water partition coefficient (Wildman–Crippen LogP) is 3.84. The lowest BCUT2D eigenvalue weighted by Crippen LogP contribution is -2.62. The van der Waals surface area contributed by atoms with E-state index in [1.54, 1.807) is 6.07 Å². The Morgan fingerprint density at radius 3 is 2.68 bits per heavy atom. The summed E-state index contributed by atoms with van der Waals surface area (Å²) in [5, 5.41) is 3.81. The average molecular weight is 361 g/mol. The summed E-state index contributed by atoms with van der Waals surface area (Å²) in [5.41, 5.74) is 0.819. The third kappa shape index (κ3) is 3.17. The van der Waals surface area contributed by atoms with Crippen LogP contribution in [0, 0.1) is 5.92 Å². The largest absolute Gasteiger partial charge is 0.351 e. The monoisotopic (exact) mass is 360 g/mol. The fourth-order valence-corrected chi connectivity index (χ4v) is 4.99. The molecule has 3 aliphatic rings. The van der Waals surface area contributed by atoms with E-state index in [-0.39, 0.29) is 29.8 Å². The van der Waals surface area contributed by atoms with Gasteiger partial charge in [-0.05, 0) is 43.4 Å². The SMILES string of the molecule is O=C(NC1CCCCC1)C(c1cccc(Cl)c1)N1C(=O)[C@@H]2CCC[C@@H]21. The highest BCUT2D eigenvalue weighted by Crippen LogP contribution is 2.45. The van der Waals surface area contributed by atoms with Gasteiger partial charge < -0.3 is 10.2 Å². The fourth-order valence-electron chi connectivity index (χ4n) is 4.79. The molecule has 1 unspecified atom stereocenters. The number of amides is 2. The van der Waals surface area contributed by atoms with Crippen LogP contribution in [-0.2, 0) is 9.59 Å². The van der Waals surface area contributed by atoms with Crippen molar-refractivity contribution in [2.75, 3.05) is 0 Å². The molecule has 1 saturated heterocycles. The smallest absolute Gasteiger partial charge is 0.247 e. The van der Waals surface area contributed by atoms with Crippen LogP contribution in [0.4, 0.5) is 0 Å². The summed E-state index contributed by atoms with van der Waals surface area (Å²) < 4.78 is 0. The molecule has 2 saturated carbocycles. The molecule has 2 aliphatic carbocycles. The Morgan fingerprint density at radius 1 is 1.12 bits per heavy atom. The highest BCUT2D eigenvalue weighted by atomic mass is 35.5. The first-order chi connectivity index (χ1) is 12.1. The molecule has 25 heavy (non-hydrogen) atoms. The molecule has 1 heterocycles. The van der Waals surface area contributed by atoms with E-state index in [2.05, 4.69) is 5.32 Å². The van der Waals surface area contributed by atoms with Gasteiger partial charge in [-0.15, -0.1) is 0 Å². The third-order valence-electron chi connectivity index (χ3n) is 6.05. The van der Waals surface area contributed by atoms with Crippen molar-refractivity contribution in [2.24, 2.45) is 5.92 Å². The third-order valence-corrected chi connectivity index (χ3v) is 6.29. The van der Waals surface area contributed by atoms with Crippen LogP contribution in [0.1, 0.15) is 63.0 Å². The molecule has 1 N–H and O–H groups in total. The molecule has 1 aliphatic heterocycles. The Balaban J connectivity index is 1.59. The van der Waals surface area contributed by atoms with E-state index in [9.17, 15) is 9.59 Å². The van der Waals surface area contributed by atoms with Crippen molar-refractivity contribution in [3.8, 4) is 0 Å². The molecule has 0 radical (unpaired) electrons. The maximum absolute atomic E-state index is 13.1. The lowest BCUT2D eigenvalue weighted by atomic mass is 9.86. The lowest BCUT2D eigenvalue weighted by Gasteiger charge is -2.48. The van der Waals surface area contributed by atoms with Crippen molar-refractivity contribution >= 4 is 23.4 Å². The molecule has 5 heteroatoms. The molecule has 2 amide bonds. The van der Waals surface area contributed by atoms with E-state index in [4.69, 9.17) is 11.6 Å². The van der Waals surface area contributed by atoms with E-state index in [0.717, 1.165) is 37.7 Å². The molecule has 3 atom stereocenters. The Morgan fingerprint density at radius 2 is 1.92 bits per heavy atom. The van der Waals surface area contributed by atoms with Gasteiger partial charge in [-0.3, -0.25) is 9.59 Å². The Kier molecular flexibility index (Phi) is 4.72. The van der Waals surface area contributed by atoms with E-state index in [1.807, 2.05) is 23.1 Å². The maximum Gasteiger partial charge on any atom is 0.247 e. The van der Waals surface area contributed by atoms with Crippen LogP contribution >= 0.6 is 11.6 Å². The summed E-state index contributed by atoms with van der Waals surface area (Å²) in [5.74, 6) is 0.211. The normalized spacial score (nSPS) is 27.6. The van der Waals surface area contributed by atoms with Crippen LogP contribution < -0.4 is 5.32 Å². The first-order valence-electron chi connectivity index (χ1n) is 9.53. The molecule has 4 rings (SSSR count). The van der Waals surface area contributed by atoms with Crippen molar-refractivity contribution < 1.29 is 9.59 Å². The summed E-state index contributed by atoms with van der Waals surface area (Å²) in [6.07, 6.45) is 8.70. The molecule has 3 fully saturated rings. The van der Waals surface area contributed by atoms with Gasteiger partial charge in [-0.1, -0.05) is 49.4 Å². The average Bonchev–Trinajstić information content (AvgIpc) is 3.04. The quantitative estimate of drug-likeness (QED) is 0.829. The van der Waals surface area contributed by atoms with Gasteiger partial charge in [0, 0.05) is 17.1 Å². The number of carbonyl (C=O) groups excluding carboxylic acids is 2. The number of carbonyl (C=O) groups is 2. The summed E-state index contributed by atoms with van der Waals surface area (Å²) in [4.78, 5) is 27.6. The van der Waals surface area contributed by atoms with E-state index >= 15 is 0 Å². The van der Waals surface area contributed by atoms with Crippen LogP contribution in [0.15, 0.2) is 24.3 Å². The highest BCUT2D eigenvalue weighted by molar-refractivity contribution is 6.30. The molecule has 1 aromatic rings. The number of halogens is 1. The number of rotatable bonds is 4. The highest BCUT2D eigenvalue weighted by Gasteiger charge is 2.54. The standard InChI is InChI=1S/C20H25ClN2O2/c21-14-7-4-6-13(12-14)18(19(24)22-15-8-2-1-3-9-15)23-17-11-5-10-16(17)20(23)25/h4,6-7,12,15-18H,1-3,5,8-11H2,(H,22,24)/t16-,17+,18?/m1/s1. The van der Waals surface area contributed by atoms with Gasteiger partial charge in [0.1, 0.15) is 6.04 Å². The van der Waals surface area contributed by atoms with Crippen LogP contribution in [0.25, 0.3) is 0 Å². The van der Waals surface area contributed by atoms with Gasteiger partial charge in [-0.2, -0.15) is 0 Å². The van der Waals surface area contributed by atoms with Crippen molar-refractivity contribution in [2.45, 2.75) is 69.5 Å². The van der Waals surface area contributed by atoms with Gasteiger partial charge in [0.05, 0.1) is 5.92 Å². The van der Waals surface area contributed by atoms with E-state index in [0.29, 0.717) is 5.02 Å². The molecule has 4 nitrogen and oxygen atoms in total. The van der Waals surface area contributed by atoms with Crippen LogP contribution in [0.5, 0.6) is 0 Å². The lowest BCUT2D eigenvalue weighted by molar-refractivity contribution is -0.163. The fraction of sp³-hybridized carbons (Fsp3) is 0.600. The topological polar surface area (TPSA) is 49.4 Å². The Hall–Kier alpha value is -1.55. The van der Waals surface area contributed by atoms with Gasteiger partial charge >= 0.3 is 0 Å². The summed E-state index contributed by atoms with van der Waals surface area (Å²) in [6, 6.07) is 7.29. The minimum Gasteiger partial charge on any atom is -0.351 e. The second kappa shape index (κ2) is 6.99. The number of nitrogens with zero attached hydrogens (tertiary/aromatic N) is 1. The van der Waals surface area contributed by atoms with Crippen molar-refractivity contribution in [3.05, 3.63) is 34.9 Å². The molecule has 134 valence electrons. The van der Waals surface area contributed by atoms with Gasteiger partial charge in [0.2, 0.25) is 11.8 Å². The first kappa shape index (κ1) is 16.9. The maximum atomic E-state index is 13.1. The summed E-state index contributed by atoms with van der Waals surface area (Å²) >= 11 is 6.16.